The summed E-state index contributed by atoms with van der Waals surface area (Å²) in [5.41, 5.74) is 3.51. The van der Waals surface area contributed by atoms with Gasteiger partial charge in [0.2, 0.25) is 11.8 Å². The van der Waals surface area contributed by atoms with Gasteiger partial charge in [-0.1, -0.05) is 18.2 Å². The van der Waals surface area contributed by atoms with Crippen molar-refractivity contribution < 1.29 is 14.6 Å². The molecule has 170 valence electrons. The topological polar surface area (TPSA) is 97.6 Å². The number of aryl methyl sites for hydroxylation is 1. The number of para-hydroxylation sites is 2. The largest absolute Gasteiger partial charge is 0.508 e. The van der Waals surface area contributed by atoms with Crippen LogP contribution in [0, 0.1) is 6.92 Å². The summed E-state index contributed by atoms with van der Waals surface area (Å²) in [6, 6.07) is 14.8. The van der Waals surface area contributed by atoms with Gasteiger partial charge in [0, 0.05) is 37.5 Å². The first-order valence-corrected chi connectivity index (χ1v) is 11.0. The van der Waals surface area contributed by atoms with Crippen LogP contribution in [0.1, 0.15) is 5.56 Å². The molecule has 0 spiro atoms. The number of morpholine rings is 1. The summed E-state index contributed by atoms with van der Waals surface area (Å²) in [4.78, 5) is 16.1. The van der Waals surface area contributed by atoms with Crippen LogP contribution in [-0.2, 0) is 4.74 Å². The quantitative estimate of drug-likeness (QED) is 0.446. The van der Waals surface area contributed by atoms with Gasteiger partial charge in [-0.15, -0.1) is 0 Å². The van der Waals surface area contributed by atoms with E-state index in [1.165, 1.54) is 0 Å². The first kappa shape index (κ1) is 21.2. The van der Waals surface area contributed by atoms with Gasteiger partial charge in [-0.3, -0.25) is 9.47 Å². The van der Waals surface area contributed by atoms with Crippen LogP contribution >= 0.6 is 0 Å². The number of aromatic nitrogens is 4. The number of phenolic OH excluding ortho intramolecular Hbond substituents is 1. The Hall–Kier alpha value is -3.69. The minimum atomic E-state index is 0.181. The van der Waals surface area contributed by atoms with Gasteiger partial charge in [0.15, 0.2) is 0 Å². The summed E-state index contributed by atoms with van der Waals surface area (Å²) in [7, 11) is 0. The third kappa shape index (κ3) is 4.89. The van der Waals surface area contributed by atoms with E-state index in [2.05, 4.69) is 20.2 Å². The second-order valence-corrected chi connectivity index (χ2v) is 7.92. The number of ether oxygens (including phenoxy) is 2. The van der Waals surface area contributed by atoms with Crippen LogP contribution in [0.15, 0.2) is 54.9 Å². The Morgan fingerprint density at radius 1 is 1.09 bits per heavy atom. The smallest absolute Gasteiger partial charge is 0.240 e. The van der Waals surface area contributed by atoms with Gasteiger partial charge in [-0.05, 0) is 30.7 Å². The van der Waals surface area contributed by atoms with Crippen LogP contribution < -0.4 is 10.1 Å². The van der Waals surface area contributed by atoms with E-state index in [1.807, 2.05) is 41.8 Å². The van der Waals surface area contributed by atoms with Gasteiger partial charge >= 0.3 is 0 Å². The lowest BCUT2D eigenvalue weighted by atomic mass is 10.2. The number of nitrogens with zero attached hydrogens (tertiary/aromatic N) is 5. The van der Waals surface area contributed by atoms with E-state index in [1.54, 1.807) is 24.5 Å². The highest BCUT2D eigenvalue weighted by Crippen LogP contribution is 2.26. The van der Waals surface area contributed by atoms with E-state index in [-0.39, 0.29) is 5.75 Å². The van der Waals surface area contributed by atoms with Crippen LogP contribution in [0.2, 0.25) is 0 Å². The zero-order valence-electron chi connectivity index (χ0n) is 18.4. The van der Waals surface area contributed by atoms with Crippen molar-refractivity contribution in [2.75, 3.05) is 44.8 Å². The zero-order chi connectivity index (χ0) is 22.6. The maximum Gasteiger partial charge on any atom is 0.240 e. The molecule has 4 aromatic rings. The second-order valence-electron chi connectivity index (χ2n) is 7.92. The fraction of sp³-hybridized carbons (Fsp3) is 0.292. The highest BCUT2D eigenvalue weighted by Gasteiger charge is 2.14. The lowest BCUT2D eigenvalue weighted by Gasteiger charge is -2.26. The number of imidazole rings is 1. The van der Waals surface area contributed by atoms with Crippen molar-refractivity contribution in [3.05, 3.63) is 60.4 Å². The van der Waals surface area contributed by atoms with Gasteiger partial charge in [-0.25, -0.2) is 4.98 Å². The van der Waals surface area contributed by atoms with E-state index >= 15 is 0 Å². The van der Waals surface area contributed by atoms with Crippen LogP contribution in [-0.4, -0.2) is 69.0 Å². The molecule has 0 aliphatic carbocycles. The Morgan fingerprint density at radius 2 is 1.94 bits per heavy atom. The number of hydrogen-bond donors (Lipinski definition) is 2. The normalized spacial score (nSPS) is 14.5. The fourth-order valence-electron chi connectivity index (χ4n) is 3.76. The number of fused-ring (bicyclic) bond motifs is 1. The van der Waals surface area contributed by atoms with E-state index < -0.39 is 0 Å². The predicted octanol–water partition coefficient (Wildman–Crippen LogP) is 3.28. The van der Waals surface area contributed by atoms with Gasteiger partial charge in [0.1, 0.15) is 24.5 Å². The molecule has 0 atom stereocenters. The molecule has 9 nitrogen and oxygen atoms in total. The fourth-order valence-corrected chi connectivity index (χ4v) is 3.76. The van der Waals surface area contributed by atoms with Gasteiger partial charge in [-0.2, -0.15) is 9.97 Å². The molecule has 0 unspecified atom stereocenters. The van der Waals surface area contributed by atoms with Gasteiger partial charge in [0.05, 0.1) is 24.2 Å². The van der Waals surface area contributed by atoms with Crippen LogP contribution in [0.5, 0.6) is 11.6 Å². The molecule has 1 fully saturated rings. The molecule has 0 saturated carbocycles. The average Bonchev–Trinajstić information content (AvgIpc) is 3.26. The summed E-state index contributed by atoms with van der Waals surface area (Å²) in [6.45, 7) is 6.58. The molecule has 2 N–H and O–H groups in total. The molecule has 0 bridgehead atoms. The van der Waals surface area contributed by atoms with Crippen molar-refractivity contribution in [2.45, 2.75) is 6.92 Å². The number of nitrogens with one attached hydrogen (secondary N) is 1. The Kier molecular flexibility index (Phi) is 6.05. The lowest BCUT2D eigenvalue weighted by molar-refractivity contribution is 0.0320. The SMILES string of the molecule is Cc1ccc(O)cc1Nc1cc(OCCN2CCOCC2)nc(-n2cnc3ccccc32)n1. The highest BCUT2D eigenvalue weighted by atomic mass is 16.5. The molecule has 33 heavy (non-hydrogen) atoms. The van der Waals surface area contributed by atoms with Crippen molar-refractivity contribution in [2.24, 2.45) is 0 Å². The van der Waals surface area contributed by atoms with E-state index in [0.29, 0.717) is 24.3 Å². The van der Waals surface area contributed by atoms with Crippen molar-refractivity contribution in [3.63, 3.8) is 0 Å². The molecule has 2 aromatic heterocycles. The minimum absolute atomic E-state index is 0.181. The molecule has 1 aliphatic heterocycles. The predicted molar refractivity (Wildman–Crippen MR) is 126 cm³/mol. The Morgan fingerprint density at radius 3 is 2.82 bits per heavy atom. The standard InChI is InChI=1S/C24H26N6O3/c1-17-6-7-18(31)14-20(17)26-22-15-23(33-13-10-29-8-11-32-12-9-29)28-24(27-22)30-16-25-19-4-2-3-5-21(19)30/h2-7,14-16,31H,8-13H2,1H3,(H,26,27,28). The summed E-state index contributed by atoms with van der Waals surface area (Å²) in [5.74, 6) is 1.66. The van der Waals surface area contributed by atoms with Crippen LogP contribution in [0.3, 0.4) is 0 Å². The van der Waals surface area contributed by atoms with Crippen molar-refractivity contribution in [1.29, 1.82) is 0 Å². The van der Waals surface area contributed by atoms with Gasteiger partial charge in [0.25, 0.3) is 0 Å². The summed E-state index contributed by atoms with van der Waals surface area (Å²) >= 11 is 0. The van der Waals surface area contributed by atoms with E-state index in [0.717, 1.165) is 55.1 Å². The summed E-state index contributed by atoms with van der Waals surface area (Å²) in [5, 5.41) is 13.2. The second kappa shape index (κ2) is 9.43. The third-order valence-electron chi connectivity index (χ3n) is 5.60. The van der Waals surface area contributed by atoms with Crippen molar-refractivity contribution >= 4 is 22.5 Å². The van der Waals surface area contributed by atoms with Crippen molar-refractivity contribution in [3.8, 4) is 17.6 Å². The van der Waals surface area contributed by atoms with Crippen molar-refractivity contribution in [1.82, 2.24) is 24.4 Å². The molecular formula is C24H26N6O3. The first-order chi connectivity index (χ1) is 16.2. The Bertz CT molecular complexity index is 1250. The Balaban J connectivity index is 1.45. The maximum atomic E-state index is 9.91. The van der Waals surface area contributed by atoms with Gasteiger partial charge < -0.3 is 19.9 Å². The molecule has 5 rings (SSSR count). The molecule has 0 radical (unpaired) electrons. The molecule has 2 aromatic carbocycles. The third-order valence-corrected chi connectivity index (χ3v) is 5.60. The molecule has 9 heteroatoms. The van der Waals surface area contributed by atoms with E-state index in [4.69, 9.17) is 14.5 Å². The van der Waals surface area contributed by atoms with Crippen LogP contribution in [0.25, 0.3) is 17.0 Å². The summed E-state index contributed by atoms with van der Waals surface area (Å²) < 4.78 is 13.3. The first-order valence-electron chi connectivity index (χ1n) is 11.0. The monoisotopic (exact) mass is 446 g/mol. The maximum absolute atomic E-state index is 9.91. The number of rotatable bonds is 7. The Labute approximate surface area is 191 Å². The summed E-state index contributed by atoms with van der Waals surface area (Å²) in [6.07, 6.45) is 1.71. The molecule has 3 heterocycles. The average molecular weight is 447 g/mol. The number of phenols is 1. The number of hydrogen-bond acceptors (Lipinski definition) is 8. The lowest BCUT2D eigenvalue weighted by Crippen LogP contribution is -2.38. The van der Waals surface area contributed by atoms with Crippen LogP contribution in [0.4, 0.5) is 11.5 Å². The number of anilines is 2. The molecular weight excluding hydrogens is 420 g/mol. The number of aromatic hydroxyl groups is 1. The molecule has 1 aliphatic rings. The molecule has 0 amide bonds. The highest BCUT2D eigenvalue weighted by molar-refractivity contribution is 5.76. The minimum Gasteiger partial charge on any atom is -0.508 e. The van der Waals surface area contributed by atoms with E-state index in [9.17, 15) is 5.11 Å². The zero-order valence-corrected chi connectivity index (χ0v) is 18.4. The number of benzene rings is 2. The molecule has 1 saturated heterocycles.